The van der Waals surface area contributed by atoms with E-state index in [1.54, 1.807) is 18.3 Å². The van der Waals surface area contributed by atoms with E-state index in [9.17, 15) is 4.39 Å². The molecule has 88 valence electrons. The Labute approximate surface area is 107 Å². The second kappa shape index (κ2) is 5.33. The summed E-state index contributed by atoms with van der Waals surface area (Å²) < 4.78 is 13.5. The summed E-state index contributed by atoms with van der Waals surface area (Å²) in [7, 11) is 0. The van der Waals surface area contributed by atoms with Crippen molar-refractivity contribution in [2.45, 2.75) is 10.6 Å². The van der Waals surface area contributed by atoms with E-state index in [1.807, 2.05) is 0 Å². The summed E-state index contributed by atoms with van der Waals surface area (Å²) in [6.07, 6.45) is 3.04. The van der Waals surface area contributed by atoms with E-state index in [4.69, 9.17) is 17.3 Å². The number of aromatic nitrogens is 2. The minimum absolute atomic E-state index is 0.322. The SMILES string of the molecule is Nc1ccc(SCc2cnc(Cl)cn2)c(F)c1. The summed E-state index contributed by atoms with van der Waals surface area (Å²) in [5.41, 5.74) is 6.63. The molecule has 0 saturated heterocycles. The van der Waals surface area contributed by atoms with Crippen molar-refractivity contribution in [2.24, 2.45) is 0 Å². The summed E-state index contributed by atoms with van der Waals surface area (Å²) in [6.45, 7) is 0. The molecule has 1 aromatic heterocycles. The molecule has 0 aliphatic rings. The first kappa shape index (κ1) is 12.1. The van der Waals surface area contributed by atoms with Crippen LogP contribution < -0.4 is 5.73 Å². The van der Waals surface area contributed by atoms with Gasteiger partial charge in [0.25, 0.3) is 0 Å². The predicted molar refractivity (Wildman–Crippen MR) is 67.4 cm³/mol. The lowest BCUT2D eigenvalue weighted by atomic mass is 10.3. The summed E-state index contributed by atoms with van der Waals surface area (Å²) >= 11 is 6.96. The number of anilines is 1. The normalized spacial score (nSPS) is 10.5. The highest BCUT2D eigenvalue weighted by Crippen LogP contribution is 2.26. The van der Waals surface area contributed by atoms with Gasteiger partial charge in [0.05, 0.1) is 18.1 Å². The highest BCUT2D eigenvalue weighted by Gasteiger charge is 2.04. The van der Waals surface area contributed by atoms with Crippen LogP contribution in [-0.4, -0.2) is 9.97 Å². The second-order valence-electron chi connectivity index (χ2n) is 3.31. The molecule has 6 heteroatoms. The van der Waals surface area contributed by atoms with Gasteiger partial charge in [-0.3, -0.25) is 4.98 Å². The zero-order valence-corrected chi connectivity index (χ0v) is 10.3. The van der Waals surface area contributed by atoms with Crippen molar-refractivity contribution >= 4 is 29.1 Å². The Kier molecular flexibility index (Phi) is 3.81. The Morgan fingerprint density at radius 1 is 1.29 bits per heavy atom. The van der Waals surface area contributed by atoms with Crippen LogP contribution in [0.25, 0.3) is 0 Å². The molecule has 0 aliphatic heterocycles. The Bertz CT molecular complexity index is 519. The number of hydrogen-bond acceptors (Lipinski definition) is 4. The zero-order chi connectivity index (χ0) is 12.3. The fourth-order valence-electron chi connectivity index (χ4n) is 1.20. The topological polar surface area (TPSA) is 51.8 Å². The lowest BCUT2D eigenvalue weighted by molar-refractivity contribution is 0.602. The van der Waals surface area contributed by atoms with Gasteiger partial charge in [-0.15, -0.1) is 11.8 Å². The van der Waals surface area contributed by atoms with Gasteiger partial charge < -0.3 is 5.73 Å². The Hall–Kier alpha value is -1.33. The van der Waals surface area contributed by atoms with E-state index >= 15 is 0 Å². The van der Waals surface area contributed by atoms with Gasteiger partial charge in [0.1, 0.15) is 11.0 Å². The molecular weight excluding hydrogens is 261 g/mol. The van der Waals surface area contributed by atoms with Crippen LogP contribution >= 0.6 is 23.4 Å². The maximum absolute atomic E-state index is 13.5. The van der Waals surface area contributed by atoms with Gasteiger partial charge in [-0.05, 0) is 18.2 Å². The van der Waals surface area contributed by atoms with Crippen molar-refractivity contribution in [3.8, 4) is 0 Å². The molecule has 0 fully saturated rings. The minimum Gasteiger partial charge on any atom is -0.399 e. The van der Waals surface area contributed by atoms with E-state index < -0.39 is 0 Å². The highest BCUT2D eigenvalue weighted by molar-refractivity contribution is 7.98. The molecule has 3 nitrogen and oxygen atoms in total. The standard InChI is InChI=1S/C11H9ClFN3S/c12-11-5-15-8(4-16-11)6-17-10-2-1-7(14)3-9(10)13/h1-5H,6,14H2. The first-order chi connectivity index (χ1) is 8.15. The van der Waals surface area contributed by atoms with Crippen LogP contribution in [-0.2, 0) is 5.75 Å². The summed E-state index contributed by atoms with van der Waals surface area (Å²) in [4.78, 5) is 8.52. The zero-order valence-electron chi connectivity index (χ0n) is 8.73. The second-order valence-corrected chi connectivity index (χ2v) is 4.71. The lowest BCUT2D eigenvalue weighted by Gasteiger charge is -2.03. The van der Waals surface area contributed by atoms with Crippen LogP contribution in [0.1, 0.15) is 5.69 Å². The third kappa shape index (κ3) is 3.31. The van der Waals surface area contributed by atoms with Crippen molar-refractivity contribution < 1.29 is 4.39 Å². The maximum Gasteiger partial charge on any atom is 0.147 e. The van der Waals surface area contributed by atoms with Gasteiger partial charge >= 0.3 is 0 Å². The van der Waals surface area contributed by atoms with Gasteiger partial charge in [0, 0.05) is 16.3 Å². The average Bonchev–Trinajstić information content (AvgIpc) is 2.30. The number of nitrogen functional groups attached to an aromatic ring is 1. The van der Waals surface area contributed by atoms with Gasteiger partial charge in [-0.25, -0.2) is 9.37 Å². The molecule has 2 N–H and O–H groups in total. The number of halogens is 2. The van der Waals surface area contributed by atoms with Gasteiger partial charge in [-0.1, -0.05) is 11.6 Å². The molecule has 0 unspecified atom stereocenters. The fourth-order valence-corrected chi connectivity index (χ4v) is 2.11. The van der Waals surface area contributed by atoms with Crippen molar-refractivity contribution in [1.82, 2.24) is 9.97 Å². The van der Waals surface area contributed by atoms with Crippen LogP contribution in [0.15, 0.2) is 35.5 Å². The molecule has 17 heavy (non-hydrogen) atoms. The number of nitrogens with zero attached hydrogens (tertiary/aromatic N) is 2. The number of nitrogens with two attached hydrogens (primary N) is 1. The molecule has 0 radical (unpaired) electrons. The minimum atomic E-state index is -0.322. The number of thioether (sulfide) groups is 1. The van der Waals surface area contributed by atoms with Crippen LogP contribution in [0, 0.1) is 5.82 Å². The predicted octanol–water partition coefficient (Wildman–Crippen LogP) is 3.14. The molecule has 1 heterocycles. The Morgan fingerprint density at radius 3 is 2.76 bits per heavy atom. The van der Waals surface area contributed by atoms with Crippen molar-refractivity contribution in [3.05, 3.63) is 47.3 Å². The molecule has 0 amide bonds. The Balaban J connectivity index is 2.04. The number of hydrogen-bond donors (Lipinski definition) is 1. The van der Waals surface area contributed by atoms with Gasteiger partial charge in [0.15, 0.2) is 0 Å². The third-order valence-corrected chi connectivity index (χ3v) is 3.28. The van der Waals surface area contributed by atoms with Crippen LogP contribution in [0.4, 0.5) is 10.1 Å². The third-order valence-electron chi connectivity index (χ3n) is 2.01. The largest absolute Gasteiger partial charge is 0.399 e. The van der Waals surface area contributed by atoms with E-state index in [2.05, 4.69) is 9.97 Å². The molecule has 0 saturated carbocycles. The highest BCUT2D eigenvalue weighted by atomic mass is 35.5. The van der Waals surface area contributed by atoms with E-state index in [1.165, 1.54) is 24.0 Å². The summed E-state index contributed by atoms with van der Waals surface area (Å²) in [6, 6.07) is 4.62. The molecule has 1 aromatic carbocycles. The fraction of sp³-hybridized carbons (Fsp3) is 0.0909. The van der Waals surface area contributed by atoms with Crippen LogP contribution in [0.2, 0.25) is 5.15 Å². The lowest BCUT2D eigenvalue weighted by Crippen LogP contribution is -1.91. The maximum atomic E-state index is 13.5. The molecule has 0 spiro atoms. The molecule has 2 rings (SSSR count). The first-order valence-electron chi connectivity index (χ1n) is 4.79. The monoisotopic (exact) mass is 269 g/mol. The van der Waals surface area contributed by atoms with Crippen LogP contribution in [0.5, 0.6) is 0 Å². The van der Waals surface area contributed by atoms with Crippen LogP contribution in [0.3, 0.4) is 0 Å². The smallest absolute Gasteiger partial charge is 0.147 e. The summed E-state index contributed by atoms with van der Waals surface area (Å²) in [5, 5.41) is 0.345. The molecule has 0 atom stereocenters. The van der Waals surface area contributed by atoms with Gasteiger partial charge in [0.2, 0.25) is 0 Å². The van der Waals surface area contributed by atoms with Crippen molar-refractivity contribution in [3.63, 3.8) is 0 Å². The van der Waals surface area contributed by atoms with Crippen molar-refractivity contribution in [1.29, 1.82) is 0 Å². The van der Waals surface area contributed by atoms with Crippen molar-refractivity contribution in [2.75, 3.05) is 5.73 Å². The number of rotatable bonds is 3. The summed E-state index contributed by atoms with van der Waals surface area (Å²) in [5.74, 6) is 0.210. The quantitative estimate of drug-likeness (QED) is 0.687. The number of benzene rings is 1. The molecular formula is C11H9ClFN3S. The Morgan fingerprint density at radius 2 is 2.12 bits per heavy atom. The first-order valence-corrected chi connectivity index (χ1v) is 6.16. The van der Waals surface area contributed by atoms with E-state index in [-0.39, 0.29) is 5.82 Å². The molecule has 0 aliphatic carbocycles. The van der Waals surface area contributed by atoms with E-state index in [0.29, 0.717) is 21.5 Å². The average molecular weight is 270 g/mol. The van der Waals surface area contributed by atoms with E-state index in [0.717, 1.165) is 5.69 Å². The molecule has 0 bridgehead atoms. The molecule has 2 aromatic rings. The van der Waals surface area contributed by atoms with Gasteiger partial charge in [-0.2, -0.15) is 0 Å².